The highest BCUT2D eigenvalue weighted by molar-refractivity contribution is 8.00. The van der Waals surface area contributed by atoms with E-state index in [0.717, 1.165) is 16.4 Å². The molecule has 0 saturated carbocycles. The van der Waals surface area contributed by atoms with E-state index in [2.05, 4.69) is 47.5 Å². The number of hydrogen-bond acceptors (Lipinski definition) is 4. The summed E-state index contributed by atoms with van der Waals surface area (Å²) in [5, 5.41) is 18.2. The van der Waals surface area contributed by atoms with Gasteiger partial charge in [0.05, 0.1) is 6.07 Å². The number of nitrogens with zero attached hydrogens (tertiary/aromatic N) is 4. The van der Waals surface area contributed by atoms with Gasteiger partial charge in [0.25, 0.3) is 0 Å². The van der Waals surface area contributed by atoms with Gasteiger partial charge in [-0.05, 0) is 31.0 Å². The van der Waals surface area contributed by atoms with Gasteiger partial charge in [0.15, 0.2) is 10.8 Å². The van der Waals surface area contributed by atoms with E-state index in [1.165, 1.54) is 17.3 Å². The minimum atomic E-state index is -0.180. The molecule has 0 aliphatic carbocycles. The van der Waals surface area contributed by atoms with Crippen molar-refractivity contribution in [2.75, 3.05) is 0 Å². The third-order valence-corrected chi connectivity index (χ3v) is 4.26. The quantitative estimate of drug-likeness (QED) is 0.693. The molecule has 0 radical (unpaired) electrons. The Kier molecular flexibility index (Phi) is 3.89. The highest BCUT2D eigenvalue weighted by atomic mass is 32.2. The van der Waals surface area contributed by atoms with Crippen molar-refractivity contribution < 1.29 is 0 Å². The highest BCUT2D eigenvalue weighted by Crippen LogP contribution is 2.24. The summed E-state index contributed by atoms with van der Waals surface area (Å²) in [5.41, 5.74) is 3.18. The van der Waals surface area contributed by atoms with E-state index in [4.69, 9.17) is 0 Å². The fourth-order valence-corrected chi connectivity index (χ4v) is 3.02. The number of nitriles is 1. The van der Waals surface area contributed by atoms with Gasteiger partial charge in [-0.2, -0.15) is 5.26 Å². The summed E-state index contributed by atoms with van der Waals surface area (Å²) in [6.07, 6.45) is 2.61. The third-order valence-electron chi connectivity index (χ3n) is 3.22. The molecule has 0 fully saturated rings. The van der Waals surface area contributed by atoms with Gasteiger partial charge in [-0.25, -0.2) is 0 Å². The monoisotopic (exact) mass is 294 g/mol. The van der Waals surface area contributed by atoms with Crippen molar-refractivity contribution in [1.29, 1.82) is 5.26 Å². The summed E-state index contributed by atoms with van der Waals surface area (Å²) >= 11 is 1.45. The van der Waals surface area contributed by atoms with E-state index in [1.807, 2.05) is 28.8 Å². The molecule has 0 amide bonds. The van der Waals surface area contributed by atoms with E-state index < -0.39 is 0 Å². The molecule has 0 bridgehead atoms. The third kappa shape index (κ3) is 3.06. The Balaban J connectivity index is 1.78. The minimum absolute atomic E-state index is 0.180. The molecule has 2 heterocycles. The molecule has 4 nitrogen and oxygen atoms in total. The first-order valence-electron chi connectivity index (χ1n) is 6.68. The number of aryl methyl sites for hydroxylation is 1. The van der Waals surface area contributed by atoms with Gasteiger partial charge in [-0.15, -0.1) is 10.2 Å². The first-order chi connectivity index (χ1) is 10.3. The molecule has 0 unspecified atom stereocenters. The smallest absolute Gasteiger partial charge is 0.196 e. The first kappa shape index (κ1) is 13.7. The van der Waals surface area contributed by atoms with Crippen LogP contribution >= 0.6 is 11.8 Å². The molecule has 0 aliphatic heterocycles. The molecular formula is C16H14N4S. The van der Waals surface area contributed by atoms with Crippen LogP contribution in [0.5, 0.6) is 0 Å². The number of thioether (sulfide) groups is 1. The Bertz CT molecular complexity index is 786. The van der Waals surface area contributed by atoms with Crippen LogP contribution in [-0.2, 0) is 6.42 Å². The Morgan fingerprint density at radius 1 is 1.19 bits per heavy atom. The highest BCUT2D eigenvalue weighted by Gasteiger charge is 2.15. The molecule has 0 aliphatic rings. The lowest BCUT2D eigenvalue weighted by Gasteiger charge is -2.08. The summed E-state index contributed by atoms with van der Waals surface area (Å²) in [6, 6.07) is 16.4. The van der Waals surface area contributed by atoms with Crippen LogP contribution < -0.4 is 0 Å². The Morgan fingerprint density at radius 2 is 2.00 bits per heavy atom. The topological polar surface area (TPSA) is 54.0 Å². The lowest BCUT2D eigenvalue weighted by atomic mass is 10.1. The van der Waals surface area contributed by atoms with Gasteiger partial charge in [0.2, 0.25) is 0 Å². The molecule has 3 aromatic rings. The van der Waals surface area contributed by atoms with Gasteiger partial charge < -0.3 is 0 Å². The zero-order chi connectivity index (χ0) is 14.7. The number of fused-ring (bicyclic) bond motifs is 1. The van der Waals surface area contributed by atoms with Gasteiger partial charge >= 0.3 is 0 Å². The van der Waals surface area contributed by atoms with Crippen molar-refractivity contribution in [1.82, 2.24) is 14.6 Å². The van der Waals surface area contributed by atoms with Crippen LogP contribution in [0.3, 0.4) is 0 Å². The maximum absolute atomic E-state index is 9.38. The largest absolute Gasteiger partial charge is 0.277 e. The fourth-order valence-electron chi connectivity index (χ4n) is 2.08. The maximum atomic E-state index is 9.38. The number of benzene rings is 1. The predicted molar refractivity (Wildman–Crippen MR) is 83.1 cm³/mol. The maximum Gasteiger partial charge on any atom is 0.196 e. The minimum Gasteiger partial charge on any atom is -0.277 e. The van der Waals surface area contributed by atoms with Crippen molar-refractivity contribution in [3.63, 3.8) is 0 Å². The van der Waals surface area contributed by atoms with Gasteiger partial charge in [0.1, 0.15) is 5.25 Å². The van der Waals surface area contributed by atoms with Gasteiger partial charge in [-0.3, -0.25) is 4.40 Å². The number of aromatic nitrogens is 3. The number of hydrogen-bond donors (Lipinski definition) is 0. The van der Waals surface area contributed by atoms with E-state index in [9.17, 15) is 5.26 Å². The summed E-state index contributed by atoms with van der Waals surface area (Å²) in [5.74, 6) is 0. The second kappa shape index (κ2) is 5.98. The standard InChI is InChI=1S/C16H14N4S/c1-12-5-7-13(8-6-12)10-14(11-17)21-16-19-18-15-4-2-3-9-20(15)16/h2-9,14H,10H2,1H3/t14-/m0/s1. The average molecular weight is 294 g/mol. The second-order valence-electron chi connectivity index (χ2n) is 4.84. The molecule has 0 saturated heterocycles. The van der Waals surface area contributed by atoms with Crippen LogP contribution in [0.2, 0.25) is 0 Å². The van der Waals surface area contributed by atoms with Crippen LogP contribution in [0.15, 0.2) is 53.8 Å². The average Bonchev–Trinajstić information content (AvgIpc) is 2.92. The molecule has 1 atom stereocenters. The van der Waals surface area contributed by atoms with E-state index in [1.54, 1.807) is 0 Å². The predicted octanol–water partition coefficient (Wildman–Crippen LogP) is 3.26. The summed E-state index contributed by atoms with van der Waals surface area (Å²) in [4.78, 5) is 0. The van der Waals surface area contributed by atoms with E-state index >= 15 is 0 Å². The van der Waals surface area contributed by atoms with Crippen molar-refractivity contribution in [3.8, 4) is 6.07 Å². The van der Waals surface area contributed by atoms with Crippen molar-refractivity contribution in [3.05, 3.63) is 59.8 Å². The Labute approximate surface area is 127 Å². The second-order valence-corrected chi connectivity index (χ2v) is 6.01. The molecule has 0 spiro atoms. The normalized spacial score (nSPS) is 12.2. The zero-order valence-electron chi connectivity index (χ0n) is 11.6. The summed E-state index contributed by atoms with van der Waals surface area (Å²) < 4.78 is 1.91. The van der Waals surface area contributed by atoms with Crippen molar-refractivity contribution >= 4 is 17.4 Å². The van der Waals surface area contributed by atoms with E-state index in [0.29, 0.717) is 6.42 Å². The Hall–Kier alpha value is -2.32. The van der Waals surface area contributed by atoms with Gasteiger partial charge in [0, 0.05) is 6.20 Å². The van der Waals surface area contributed by atoms with E-state index in [-0.39, 0.29) is 5.25 Å². The molecular weight excluding hydrogens is 280 g/mol. The molecule has 3 rings (SSSR count). The molecule has 21 heavy (non-hydrogen) atoms. The number of pyridine rings is 1. The van der Waals surface area contributed by atoms with Crippen molar-refractivity contribution in [2.24, 2.45) is 0 Å². The lowest BCUT2D eigenvalue weighted by molar-refractivity contribution is 0.909. The summed E-state index contributed by atoms with van der Waals surface area (Å²) in [7, 11) is 0. The van der Waals surface area contributed by atoms with Crippen LogP contribution in [0.4, 0.5) is 0 Å². The summed E-state index contributed by atoms with van der Waals surface area (Å²) in [6.45, 7) is 2.06. The molecule has 0 N–H and O–H groups in total. The lowest BCUT2D eigenvalue weighted by Crippen LogP contribution is -2.05. The van der Waals surface area contributed by atoms with Crippen LogP contribution in [-0.4, -0.2) is 19.8 Å². The van der Waals surface area contributed by atoms with Crippen LogP contribution in [0, 0.1) is 18.3 Å². The van der Waals surface area contributed by atoms with Gasteiger partial charge in [-0.1, -0.05) is 47.7 Å². The van der Waals surface area contributed by atoms with Crippen LogP contribution in [0.25, 0.3) is 5.65 Å². The first-order valence-corrected chi connectivity index (χ1v) is 7.56. The Morgan fingerprint density at radius 3 is 2.76 bits per heavy atom. The SMILES string of the molecule is Cc1ccc(C[C@@H](C#N)Sc2nnc3ccccn23)cc1. The van der Waals surface area contributed by atoms with Crippen LogP contribution in [0.1, 0.15) is 11.1 Å². The zero-order valence-corrected chi connectivity index (χ0v) is 12.4. The number of rotatable bonds is 4. The molecule has 1 aromatic carbocycles. The molecule has 5 heteroatoms. The van der Waals surface area contributed by atoms with Crippen molar-refractivity contribution in [2.45, 2.75) is 23.8 Å². The molecule has 2 aromatic heterocycles. The molecule has 104 valence electrons. The fraction of sp³-hybridized carbons (Fsp3) is 0.188.